The summed E-state index contributed by atoms with van der Waals surface area (Å²) in [6, 6.07) is 10.6. The molecule has 1 amide bonds. The maximum Gasteiger partial charge on any atom is 0.257 e. The zero-order chi connectivity index (χ0) is 17.8. The Hall–Kier alpha value is -2.14. The smallest absolute Gasteiger partial charge is 0.257 e. The van der Waals surface area contributed by atoms with Gasteiger partial charge in [-0.15, -0.1) is 0 Å². The van der Waals surface area contributed by atoms with E-state index in [0.29, 0.717) is 5.56 Å². The first-order chi connectivity index (χ1) is 12.1. The van der Waals surface area contributed by atoms with E-state index < -0.39 is 0 Å². The van der Waals surface area contributed by atoms with Gasteiger partial charge in [-0.1, -0.05) is 30.3 Å². The number of hydrogen-bond acceptors (Lipinski definition) is 3. The summed E-state index contributed by atoms with van der Waals surface area (Å²) < 4.78 is 7.55. The Bertz CT molecular complexity index is 696. The molecule has 0 unspecified atom stereocenters. The van der Waals surface area contributed by atoms with Crippen LogP contribution in [0.3, 0.4) is 0 Å². The van der Waals surface area contributed by atoms with Crippen molar-refractivity contribution in [3.63, 3.8) is 0 Å². The number of piperidine rings is 1. The summed E-state index contributed by atoms with van der Waals surface area (Å²) in [6.07, 6.45) is 6.36. The average Bonchev–Trinajstić information content (AvgIpc) is 3.12. The van der Waals surface area contributed by atoms with Crippen molar-refractivity contribution in [1.82, 2.24) is 14.7 Å². The van der Waals surface area contributed by atoms with Crippen molar-refractivity contribution in [2.75, 3.05) is 13.7 Å². The molecule has 5 nitrogen and oxygen atoms in total. The number of nitrogens with zero attached hydrogens (tertiary/aromatic N) is 3. The SMILES string of the molecule is CO[C@H]1CCCN(C(=O)c2cnn(C(C)C)c2)[C@H]1Cc1ccccc1. The Morgan fingerprint density at radius 1 is 1.32 bits per heavy atom. The third kappa shape index (κ3) is 3.93. The number of benzene rings is 1. The molecule has 1 saturated heterocycles. The third-order valence-corrected chi connectivity index (χ3v) is 4.95. The summed E-state index contributed by atoms with van der Waals surface area (Å²) in [5, 5.41) is 4.32. The highest BCUT2D eigenvalue weighted by Gasteiger charge is 2.35. The van der Waals surface area contributed by atoms with Crippen LogP contribution in [0.2, 0.25) is 0 Å². The van der Waals surface area contributed by atoms with Crippen LogP contribution < -0.4 is 0 Å². The molecule has 1 fully saturated rings. The quantitative estimate of drug-likeness (QED) is 0.838. The van der Waals surface area contributed by atoms with E-state index in [2.05, 4.69) is 31.1 Å². The first-order valence-electron chi connectivity index (χ1n) is 9.02. The molecule has 2 atom stereocenters. The van der Waals surface area contributed by atoms with E-state index in [9.17, 15) is 4.79 Å². The highest BCUT2D eigenvalue weighted by Crippen LogP contribution is 2.25. The van der Waals surface area contributed by atoms with E-state index in [0.717, 1.165) is 25.8 Å². The summed E-state index contributed by atoms with van der Waals surface area (Å²) in [4.78, 5) is 15.1. The molecule has 1 aromatic heterocycles. The number of likely N-dealkylation sites (tertiary alicyclic amines) is 1. The molecule has 0 bridgehead atoms. The van der Waals surface area contributed by atoms with Crippen LogP contribution in [0.15, 0.2) is 42.7 Å². The van der Waals surface area contributed by atoms with Gasteiger partial charge in [0.2, 0.25) is 0 Å². The maximum absolute atomic E-state index is 13.1. The van der Waals surface area contributed by atoms with Crippen molar-refractivity contribution >= 4 is 5.91 Å². The van der Waals surface area contributed by atoms with Gasteiger partial charge in [0.25, 0.3) is 5.91 Å². The van der Waals surface area contributed by atoms with Gasteiger partial charge in [-0.25, -0.2) is 0 Å². The lowest BCUT2D eigenvalue weighted by Crippen LogP contribution is -2.52. The number of methoxy groups -OCH3 is 1. The number of aromatic nitrogens is 2. The molecule has 2 heterocycles. The van der Waals surface area contributed by atoms with Crippen molar-refractivity contribution in [3.05, 3.63) is 53.9 Å². The molecule has 5 heteroatoms. The van der Waals surface area contributed by atoms with Crippen molar-refractivity contribution in [3.8, 4) is 0 Å². The van der Waals surface area contributed by atoms with E-state index in [1.54, 1.807) is 13.3 Å². The molecule has 3 rings (SSSR count). The van der Waals surface area contributed by atoms with Crippen LogP contribution in [0.4, 0.5) is 0 Å². The van der Waals surface area contributed by atoms with Gasteiger partial charge in [0.05, 0.1) is 23.9 Å². The highest BCUT2D eigenvalue weighted by atomic mass is 16.5. The number of carbonyl (C=O) groups excluding carboxylic acids is 1. The molecule has 0 aliphatic carbocycles. The number of rotatable bonds is 5. The largest absolute Gasteiger partial charge is 0.379 e. The first kappa shape index (κ1) is 17.7. The minimum absolute atomic E-state index is 0.0505. The lowest BCUT2D eigenvalue weighted by atomic mass is 9.92. The summed E-state index contributed by atoms with van der Waals surface area (Å²) in [5.41, 5.74) is 1.88. The summed E-state index contributed by atoms with van der Waals surface area (Å²) >= 11 is 0. The molecule has 0 radical (unpaired) electrons. The highest BCUT2D eigenvalue weighted by molar-refractivity contribution is 5.94. The van der Waals surface area contributed by atoms with E-state index in [-0.39, 0.29) is 24.1 Å². The normalized spacial score (nSPS) is 20.9. The summed E-state index contributed by atoms with van der Waals surface area (Å²) in [7, 11) is 1.74. The zero-order valence-corrected chi connectivity index (χ0v) is 15.3. The van der Waals surface area contributed by atoms with Crippen LogP contribution in [0.1, 0.15) is 48.7 Å². The Balaban J connectivity index is 1.83. The van der Waals surface area contributed by atoms with Crippen molar-refractivity contribution < 1.29 is 9.53 Å². The molecular weight excluding hydrogens is 314 g/mol. The van der Waals surface area contributed by atoms with Crippen molar-refractivity contribution in [1.29, 1.82) is 0 Å². The number of hydrogen-bond donors (Lipinski definition) is 0. The van der Waals surface area contributed by atoms with Crippen molar-refractivity contribution in [2.45, 2.75) is 51.3 Å². The van der Waals surface area contributed by atoms with E-state index in [1.807, 2.05) is 34.0 Å². The van der Waals surface area contributed by atoms with Crippen LogP contribution in [-0.2, 0) is 11.2 Å². The molecule has 2 aromatic rings. The molecule has 25 heavy (non-hydrogen) atoms. The van der Waals surface area contributed by atoms with Gasteiger partial charge in [0.15, 0.2) is 0 Å². The fraction of sp³-hybridized carbons (Fsp3) is 0.500. The minimum atomic E-state index is 0.0505. The Morgan fingerprint density at radius 2 is 2.08 bits per heavy atom. The fourth-order valence-corrected chi connectivity index (χ4v) is 3.54. The molecule has 134 valence electrons. The number of carbonyl (C=O) groups is 1. The van der Waals surface area contributed by atoms with Gasteiger partial charge in [-0.3, -0.25) is 9.48 Å². The van der Waals surface area contributed by atoms with Gasteiger partial charge < -0.3 is 9.64 Å². The topological polar surface area (TPSA) is 47.4 Å². The Labute approximate surface area is 149 Å². The van der Waals surface area contributed by atoms with Gasteiger partial charge in [0.1, 0.15) is 0 Å². The van der Waals surface area contributed by atoms with Crippen LogP contribution in [0.5, 0.6) is 0 Å². The van der Waals surface area contributed by atoms with Crippen LogP contribution in [0.25, 0.3) is 0 Å². The second-order valence-corrected chi connectivity index (χ2v) is 6.97. The van der Waals surface area contributed by atoms with Crippen LogP contribution in [0, 0.1) is 0 Å². The predicted molar refractivity (Wildman–Crippen MR) is 97.6 cm³/mol. The number of ether oxygens (including phenoxy) is 1. The second-order valence-electron chi connectivity index (χ2n) is 6.97. The van der Waals surface area contributed by atoms with E-state index in [1.165, 1.54) is 5.56 Å². The second kappa shape index (κ2) is 7.83. The standard InChI is InChI=1S/C20H27N3O2/c1-15(2)23-14-17(13-21-23)20(24)22-11-7-10-19(25-3)18(22)12-16-8-5-4-6-9-16/h4-6,8-9,13-15,18-19H,7,10-12H2,1-3H3/t18-,19-/m0/s1. The first-order valence-corrected chi connectivity index (χ1v) is 9.02. The molecular formula is C20H27N3O2. The van der Waals surface area contributed by atoms with Crippen LogP contribution >= 0.6 is 0 Å². The Morgan fingerprint density at radius 3 is 2.72 bits per heavy atom. The Kier molecular flexibility index (Phi) is 5.53. The maximum atomic E-state index is 13.1. The summed E-state index contributed by atoms with van der Waals surface area (Å²) in [5.74, 6) is 0.0505. The van der Waals surface area contributed by atoms with Gasteiger partial charge in [-0.2, -0.15) is 5.10 Å². The monoisotopic (exact) mass is 341 g/mol. The lowest BCUT2D eigenvalue weighted by molar-refractivity contribution is -0.0117. The fourth-order valence-electron chi connectivity index (χ4n) is 3.54. The van der Waals surface area contributed by atoms with E-state index in [4.69, 9.17) is 4.74 Å². The number of amides is 1. The minimum Gasteiger partial charge on any atom is -0.379 e. The molecule has 1 aliphatic rings. The predicted octanol–water partition coefficient (Wildman–Crippen LogP) is 3.33. The molecule has 0 spiro atoms. The molecule has 0 N–H and O–H groups in total. The van der Waals surface area contributed by atoms with Crippen LogP contribution in [-0.4, -0.2) is 46.4 Å². The average molecular weight is 341 g/mol. The molecule has 1 aromatic carbocycles. The molecule has 0 saturated carbocycles. The van der Waals surface area contributed by atoms with Gasteiger partial charge in [-0.05, 0) is 38.7 Å². The van der Waals surface area contributed by atoms with Gasteiger partial charge >= 0.3 is 0 Å². The van der Waals surface area contributed by atoms with Gasteiger partial charge in [0, 0.05) is 25.9 Å². The third-order valence-electron chi connectivity index (χ3n) is 4.95. The zero-order valence-electron chi connectivity index (χ0n) is 15.3. The lowest BCUT2D eigenvalue weighted by Gasteiger charge is -2.40. The summed E-state index contributed by atoms with van der Waals surface area (Å²) in [6.45, 7) is 4.88. The van der Waals surface area contributed by atoms with E-state index >= 15 is 0 Å². The molecule has 1 aliphatic heterocycles. The van der Waals surface area contributed by atoms with Crippen molar-refractivity contribution in [2.24, 2.45) is 0 Å².